The summed E-state index contributed by atoms with van der Waals surface area (Å²) in [6.07, 6.45) is -16.9. The fourth-order valence-electron chi connectivity index (χ4n) is 13.0. The highest BCUT2D eigenvalue weighted by atomic mass is 16.7. The van der Waals surface area contributed by atoms with Gasteiger partial charge in [-0.2, -0.15) is 0 Å². The number of hydrogen-bond donors (Lipinski definition) is 9. The maximum Gasteiger partial charge on any atom is 0.303 e. The average molecular weight is 1990 g/mol. The van der Waals surface area contributed by atoms with Crippen LogP contribution in [0.2, 0.25) is 0 Å². The van der Waals surface area contributed by atoms with E-state index in [2.05, 4.69) is 42.5 Å². The Morgan fingerprint density at radius 2 is 0.471 bits per heavy atom. The van der Waals surface area contributed by atoms with E-state index in [1.54, 1.807) is 0 Å². The second-order valence-electron chi connectivity index (χ2n) is 30.6. The number of nitrogens with one attached hydrogen (secondary N) is 8. The van der Waals surface area contributed by atoms with E-state index in [0.717, 1.165) is 62.3 Å². The molecule has 138 heavy (non-hydrogen) atoms. The minimum atomic E-state index is -1.64. The van der Waals surface area contributed by atoms with Crippen LogP contribution in [0.5, 0.6) is 0 Å². The predicted molar refractivity (Wildman–Crippen MR) is 463 cm³/mol. The fourth-order valence-corrected chi connectivity index (χ4v) is 13.0. The molecular formula is C85H140N8O45. The monoisotopic (exact) mass is 1990 g/mol. The highest BCUT2D eigenvalue weighted by Gasteiger charge is 2.55. The Kier molecular flexibility index (Phi) is 64.3. The molecule has 0 aromatic rings. The Hall–Kier alpha value is -9.77. The molecule has 15 atom stereocenters. The third-order valence-corrected chi connectivity index (χ3v) is 18.6. The summed E-state index contributed by atoms with van der Waals surface area (Å²) in [5.74, 6) is -11.2. The van der Waals surface area contributed by atoms with Crippen molar-refractivity contribution < 1.29 is 215 Å². The van der Waals surface area contributed by atoms with Crippen LogP contribution < -0.4 is 42.5 Å². The van der Waals surface area contributed by atoms with Crippen molar-refractivity contribution in [3.8, 4) is 0 Å². The van der Waals surface area contributed by atoms with Gasteiger partial charge in [0.15, 0.2) is 55.5 Å². The molecule has 53 heteroatoms. The minimum Gasteiger partial charge on any atom is -0.463 e. The smallest absolute Gasteiger partial charge is 0.303 e. The average Bonchev–Trinajstić information content (AvgIpc) is 0.794. The van der Waals surface area contributed by atoms with Crippen LogP contribution in [0, 0.1) is 0 Å². The molecule has 790 valence electrons. The van der Waals surface area contributed by atoms with E-state index in [-0.39, 0.29) is 196 Å². The van der Waals surface area contributed by atoms with E-state index in [9.17, 15) is 81.5 Å². The van der Waals surface area contributed by atoms with Crippen LogP contribution in [0.4, 0.5) is 0 Å². The number of aliphatic hydroxyl groups is 1. The molecule has 3 rings (SSSR count). The van der Waals surface area contributed by atoms with Gasteiger partial charge >= 0.3 is 53.7 Å². The summed E-state index contributed by atoms with van der Waals surface area (Å²) in [6.45, 7) is 11.3. The molecular weight excluding hydrogens is 1850 g/mol. The van der Waals surface area contributed by atoms with Gasteiger partial charge in [-0.25, -0.2) is 0 Å². The predicted octanol–water partition coefficient (Wildman–Crippen LogP) is -5.53. The van der Waals surface area contributed by atoms with E-state index in [1.165, 1.54) is 20.8 Å². The van der Waals surface area contributed by atoms with Crippen molar-refractivity contribution in [1.29, 1.82) is 0 Å². The SMILES string of the molecule is CC(=O)N[C@H]1[C@H](OCCOCCNC(=O)CCOCC(COCCC(=O)NCCOCCO[C@@H]2O[C@H](COC(C)=O)[C@H](OC(C)=O)[C@H](OC(C)=O)[C@H]2NC(C)=O)(COCCC(=O)NCCOCCO[C@@H]2O[C@H](COC(C)=O)[C@H](OC(C)=O)[C@H](OC(C)=O)[C@H]2NC(C)=O)NC(=O)CCOCCOCCNC(=O)CCOCCOCCOCCOCCO)O[C@H](COC(C)=O)[C@H](OC(C)=O)[C@@H]1OC(C)=O. The van der Waals surface area contributed by atoms with Crippen molar-refractivity contribution in [2.24, 2.45) is 0 Å². The number of carbonyl (C=O) groups excluding carboxylic acids is 17. The summed E-state index contributed by atoms with van der Waals surface area (Å²) in [7, 11) is 0. The quantitative estimate of drug-likeness (QED) is 0.0156. The number of hydrogen-bond acceptors (Lipinski definition) is 45. The number of ether oxygens (including phenoxy) is 27. The van der Waals surface area contributed by atoms with Crippen LogP contribution in [0.25, 0.3) is 0 Å². The first kappa shape index (κ1) is 122. The molecule has 0 radical (unpaired) electrons. The van der Waals surface area contributed by atoms with Crippen LogP contribution in [0.3, 0.4) is 0 Å². The lowest BCUT2D eigenvalue weighted by atomic mass is 9.96. The third kappa shape index (κ3) is 56.5. The van der Waals surface area contributed by atoms with Gasteiger partial charge < -0.3 is 176 Å². The second kappa shape index (κ2) is 72.5. The van der Waals surface area contributed by atoms with Gasteiger partial charge in [-0.3, -0.25) is 81.5 Å². The van der Waals surface area contributed by atoms with Crippen molar-refractivity contribution >= 4 is 101 Å². The second-order valence-corrected chi connectivity index (χ2v) is 30.6. The van der Waals surface area contributed by atoms with Crippen molar-refractivity contribution in [2.45, 2.75) is 213 Å². The number of amides is 8. The lowest BCUT2D eigenvalue weighted by molar-refractivity contribution is -0.279. The van der Waals surface area contributed by atoms with Gasteiger partial charge in [-0.1, -0.05) is 0 Å². The molecule has 3 fully saturated rings. The minimum absolute atomic E-state index is 0.0278. The summed E-state index contributed by atoms with van der Waals surface area (Å²) in [6, 6.07) is -3.72. The molecule has 3 aliphatic heterocycles. The standard InChI is InChI=1S/C85H140N8O45/c1-53(95)90-73-79(133-62(10)104)76(130-59(7)101)65(47-127-56(4)98)136-82(73)124-44-41-115-29-19-87-69(108)14-25-121-50-85(93-72(111)17-24-113-33-35-114-28-18-86-68(107)13-23-112-34-37-119-39-40-120-38-36-118-32-22-94,51-122-26-15-70(109)88-20-30-116-42-45-125-83-74(91-54(2)96)80(134-63(11)105)77(131-60(8)102)66(137-83)48-128-57(5)99)52-123-27-16-71(110)89-21-31-117-43-46-126-84-75(92-55(3)97)81(135-64(12)106)78(132-61(9)103)67(138-84)49-129-58(6)100/h65-67,73-84,94H,13-52H2,1-12H3,(H,86,107)(H,87,108)(H,88,109)(H,89,110)(H,90,95)(H,91,96)(H,92,97)(H,93,111)/t65-,66-,67-,73-,74-,75-,76+,77+,78+,79-,80-,81-,82-,83-,84-/m1/s1. The molecule has 0 spiro atoms. The summed E-state index contributed by atoms with van der Waals surface area (Å²) in [5, 5.41) is 30.3. The maximum atomic E-state index is 14.1. The molecule has 0 bridgehead atoms. The summed E-state index contributed by atoms with van der Waals surface area (Å²) in [4.78, 5) is 213. The zero-order valence-corrected chi connectivity index (χ0v) is 80.4. The first-order chi connectivity index (χ1) is 65.9. The van der Waals surface area contributed by atoms with Gasteiger partial charge in [0.1, 0.15) is 61.8 Å². The summed E-state index contributed by atoms with van der Waals surface area (Å²) in [5.41, 5.74) is -1.64. The first-order valence-electron chi connectivity index (χ1n) is 44.9. The van der Waals surface area contributed by atoms with Crippen molar-refractivity contribution in [1.82, 2.24) is 42.5 Å². The van der Waals surface area contributed by atoms with Crippen molar-refractivity contribution in [2.75, 3.05) is 231 Å². The molecule has 3 heterocycles. The lowest BCUT2D eigenvalue weighted by Crippen LogP contribution is -2.66. The van der Waals surface area contributed by atoms with E-state index in [1.807, 2.05) is 0 Å². The van der Waals surface area contributed by atoms with Crippen molar-refractivity contribution in [3.05, 3.63) is 0 Å². The Balaban J connectivity index is 1.77. The van der Waals surface area contributed by atoms with E-state index in [0.29, 0.717) is 33.0 Å². The largest absolute Gasteiger partial charge is 0.463 e. The Morgan fingerprint density at radius 3 is 0.710 bits per heavy atom. The number of rotatable bonds is 75. The zero-order chi connectivity index (χ0) is 102. The number of aliphatic hydroxyl groups excluding tert-OH is 1. The van der Waals surface area contributed by atoms with Gasteiger partial charge in [-0.05, 0) is 0 Å². The summed E-state index contributed by atoms with van der Waals surface area (Å²) >= 11 is 0. The maximum absolute atomic E-state index is 14.1. The molecule has 0 aromatic carbocycles. The first-order valence-corrected chi connectivity index (χ1v) is 44.9. The normalized spacial score (nSPS) is 21.1. The van der Waals surface area contributed by atoms with Gasteiger partial charge in [-0.15, -0.1) is 0 Å². The molecule has 0 aromatic heterocycles. The van der Waals surface area contributed by atoms with Gasteiger partial charge in [0.2, 0.25) is 47.3 Å². The topological polar surface area (TPSA) is 656 Å². The Labute approximate surface area is 798 Å². The molecule has 8 amide bonds. The van der Waals surface area contributed by atoms with E-state index in [4.69, 9.17) is 133 Å². The van der Waals surface area contributed by atoms with Crippen molar-refractivity contribution in [3.63, 3.8) is 0 Å². The zero-order valence-electron chi connectivity index (χ0n) is 80.4. The molecule has 0 saturated carbocycles. The van der Waals surface area contributed by atoms with Crippen LogP contribution >= 0.6 is 0 Å². The van der Waals surface area contributed by atoms with Crippen LogP contribution in [-0.2, 0) is 209 Å². The van der Waals surface area contributed by atoms with Crippen LogP contribution in [0.1, 0.15) is 115 Å². The molecule has 53 nitrogen and oxygen atoms in total. The highest BCUT2D eigenvalue weighted by molar-refractivity contribution is 5.79. The van der Waals surface area contributed by atoms with E-state index < -0.39 is 232 Å². The van der Waals surface area contributed by atoms with E-state index >= 15 is 0 Å². The fraction of sp³-hybridized carbons (Fsp3) is 0.800. The molecule has 3 aliphatic rings. The Bertz CT molecular complexity index is 3360. The van der Waals surface area contributed by atoms with Gasteiger partial charge in [0.05, 0.1) is 185 Å². The molecule has 0 unspecified atom stereocenters. The van der Waals surface area contributed by atoms with Crippen LogP contribution in [0.15, 0.2) is 0 Å². The number of esters is 9. The highest BCUT2D eigenvalue weighted by Crippen LogP contribution is 2.32. The number of carbonyl (C=O) groups is 17. The lowest BCUT2D eigenvalue weighted by Gasteiger charge is -2.44. The third-order valence-electron chi connectivity index (χ3n) is 18.6. The van der Waals surface area contributed by atoms with Gasteiger partial charge in [0.25, 0.3) is 0 Å². The Morgan fingerprint density at radius 1 is 0.254 bits per heavy atom. The van der Waals surface area contributed by atoms with Gasteiger partial charge in [0, 0.05) is 141 Å². The summed E-state index contributed by atoms with van der Waals surface area (Å²) < 4.78 is 152. The molecule has 9 N–H and O–H groups in total. The van der Waals surface area contributed by atoms with Crippen LogP contribution in [-0.4, -0.2) is 435 Å². The molecule has 0 aliphatic carbocycles. The molecule has 3 saturated heterocycles.